The van der Waals surface area contributed by atoms with Crippen LogP contribution in [0.5, 0.6) is 0 Å². The fraction of sp³-hybridized carbons (Fsp3) is 0.600. The molecule has 5 heteroatoms. The maximum absolute atomic E-state index is 11.3. The molecule has 1 rings (SSSR count). The third-order valence-electron chi connectivity index (χ3n) is 2.45. The fourth-order valence-electron chi connectivity index (χ4n) is 1.09. The second kappa shape index (κ2) is 5.47. The van der Waals surface area contributed by atoms with Gasteiger partial charge in [-0.3, -0.25) is 4.79 Å². The Kier molecular flexibility index (Phi) is 4.54. The highest BCUT2D eigenvalue weighted by Gasteiger charge is 2.14. The number of thiazole rings is 1. The van der Waals surface area contributed by atoms with Crippen molar-refractivity contribution >= 4 is 33.9 Å². The van der Waals surface area contributed by atoms with E-state index in [1.165, 1.54) is 11.3 Å². The number of hydrogen-bond acceptors (Lipinski definition) is 4. The van der Waals surface area contributed by atoms with Crippen LogP contribution in [-0.4, -0.2) is 29.7 Å². The molecule has 0 aliphatic carbocycles. The molecule has 0 N–H and O–H groups in total. The van der Waals surface area contributed by atoms with Crippen LogP contribution >= 0.6 is 22.9 Å². The SMILES string of the molecule is CCC(C)N(C)c1nc(C(=O)CCl)cs1. The summed E-state index contributed by atoms with van der Waals surface area (Å²) in [5, 5.41) is 2.64. The largest absolute Gasteiger partial charge is 0.348 e. The van der Waals surface area contributed by atoms with Gasteiger partial charge in [-0.1, -0.05) is 6.92 Å². The number of anilines is 1. The van der Waals surface area contributed by atoms with Crippen LogP contribution in [-0.2, 0) is 0 Å². The molecule has 0 fully saturated rings. The Bertz CT molecular complexity index is 340. The molecule has 0 radical (unpaired) electrons. The minimum Gasteiger partial charge on any atom is -0.348 e. The summed E-state index contributed by atoms with van der Waals surface area (Å²) in [6.07, 6.45) is 1.05. The van der Waals surface area contributed by atoms with Gasteiger partial charge in [0.05, 0.1) is 5.88 Å². The standard InChI is InChI=1S/C10H15ClN2OS/c1-4-7(2)13(3)10-12-8(6-15-10)9(14)5-11/h6-7H,4-5H2,1-3H3. The molecule has 1 aromatic rings. The lowest BCUT2D eigenvalue weighted by Crippen LogP contribution is -2.27. The van der Waals surface area contributed by atoms with Crippen LogP contribution in [0.4, 0.5) is 5.13 Å². The first-order chi connectivity index (χ1) is 7.10. The number of carbonyl (C=O) groups excluding carboxylic acids is 1. The number of nitrogens with zero attached hydrogens (tertiary/aromatic N) is 2. The fourth-order valence-corrected chi connectivity index (χ4v) is 2.12. The van der Waals surface area contributed by atoms with E-state index >= 15 is 0 Å². The Morgan fingerprint density at radius 1 is 1.73 bits per heavy atom. The van der Waals surface area contributed by atoms with E-state index in [1.807, 2.05) is 7.05 Å². The Balaban J connectivity index is 2.79. The molecule has 15 heavy (non-hydrogen) atoms. The summed E-state index contributed by atoms with van der Waals surface area (Å²) in [4.78, 5) is 17.6. The average Bonchev–Trinajstić information content (AvgIpc) is 2.75. The van der Waals surface area contributed by atoms with Crippen LogP contribution in [0.3, 0.4) is 0 Å². The van der Waals surface area contributed by atoms with Crippen LogP contribution in [0.1, 0.15) is 30.8 Å². The van der Waals surface area contributed by atoms with E-state index in [4.69, 9.17) is 11.6 Å². The highest BCUT2D eigenvalue weighted by atomic mass is 35.5. The van der Waals surface area contributed by atoms with Crippen molar-refractivity contribution in [2.24, 2.45) is 0 Å². The number of ketones is 1. The van der Waals surface area contributed by atoms with Crippen LogP contribution in [0, 0.1) is 0 Å². The van der Waals surface area contributed by atoms with Crippen molar-refractivity contribution in [3.63, 3.8) is 0 Å². The topological polar surface area (TPSA) is 33.2 Å². The quantitative estimate of drug-likeness (QED) is 0.592. The zero-order chi connectivity index (χ0) is 11.4. The number of Topliss-reactive ketones (excluding diaryl/α,β-unsaturated/α-hetero) is 1. The highest BCUT2D eigenvalue weighted by Crippen LogP contribution is 2.22. The Morgan fingerprint density at radius 2 is 2.40 bits per heavy atom. The lowest BCUT2D eigenvalue weighted by atomic mass is 10.2. The van der Waals surface area contributed by atoms with Gasteiger partial charge in [0.25, 0.3) is 0 Å². The minimum atomic E-state index is -0.114. The van der Waals surface area contributed by atoms with E-state index in [0.717, 1.165) is 11.6 Å². The molecule has 0 aliphatic rings. The average molecular weight is 247 g/mol. The first-order valence-corrected chi connectivity index (χ1v) is 6.29. The normalized spacial score (nSPS) is 12.5. The summed E-state index contributed by atoms with van der Waals surface area (Å²) < 4.78 is 0. The number of aromatic nitrogens is 1. The second-order valence-corrected chi connectivity index (χ2v) is 4.54. The molecule has 0 aromatic carbocycles. The van der Waals surface area contributed by atoms with Gasteiger partial charge in [0.2, 0.25) is 0 Å². The first-order valence-electron chi connectivity index (χ1n) is 4.87. The van der Waals surface area contributed by atoms with E-state index in [9.17, 15) is 4.79 Å². The molecule has 84 valence electrons. The second-order valence-electron chi connectivity index (χ2n) is 3.44. The van der Waals surface area contributed by atoms with Crippen LogP contribution in [0.2, 0.25) is 0 Å². The van der Waals surface area contributed by atoms with Crippen LogP contribution < -0.4 is 4.90 Å². The summed E-state index contributed by atoms with van der Waals surface area (Å²) in [6.45, 7) is 4.25. The number of carbonyl (C=O) groups is 1. The molecule has 1 unspecified atom stereocenters. The third-order valence-corrected chi connectivity index (χ3v) is 3.63. The maximum atomic E-state index is 11.3. The Labute approximate surface area is 99.1 Å². The van der Waals surface area contributed by atoms with Crippen LogP contribution in [0.25, 0.3) is 0 Å². The first kappa shape index (κ1) is 12.5. The summed E-state index contributed by atoms with van der Waals surface area (Å²) >= 11 is 6.95. The van der Waals surface area contributed by atoms with Crippen molar-refractivity contribution < 1.29 is 4.79 Å². The molecule has 0 amide bonds. The molecule has 0 bridgehead atoms. The van der Waals surface area contributed by atoms with E-state index < -0.39 is 0 Å². The molecule has 1 heterocycles. The number of alkyl halides is 1. The molecule has 0 spiro atoms. The summed E-state index contributed by atoms with van der Waals surface area (Å²) in [5.74, 6) is -0.118. The van der Waals surface area contributed by atoms with E-state index in [0.29, 0.717) is 11.7 Å². The molecule has 0 aliphatic heterocycles. The Morgan fingerprint density at radius 3 is 2.93 bits per heavy atom. The predicted molar refractivity (Wildman–Crippen MR) is 65.3 cm³/mol. The Hall–Kier alpha value is -0.610. The van der Waals surface area contributed by atoms with Gasteiger partial charge in [0.15, 0.2) is 10.9 Å². The number of rotatable bonds is 5. The van der Waals surface area contributed by atoms with Gasteiger partial charge in [-0.05, 0) is 13.3 Å². The predicted octanol–water partition coefficient (Wildman–Crippen LogP) is 2.80. The molecule has 3 nitrogen and oxygen atoms in total. The minimum absolute atomic E-state index is 0.00375. The van der Waals surface area contributed by atoms with Gasteiger partial charge >= 0.3 is 0 Å². The highest BCUT2D eigenvalue weighted by molar-refractivity contribution is 7.14. The zero-order valence-corrected chi connectivity index (χ0v) is 10.7. The van der Waals surface area contributed by atoms with E-state index in [1.54, 1.807) is 5.38 Å². The van der Waals surface area contributed by atoms with Gasteiger partial charge in [-0.2, -0.15) is 0 Å². The number of hydrogen-bond donors (Lipinski definition) is 0. The molecule has 0 saturated heterocycles. The summed E-state index contributed by atoms with van der Waals surface area (Å²) in [5.41, 5.74) is 0.472. The van der Waals surface area contributed by atoms with Crippen molar-refractivity contribution in [2.45, 2.75) is 26.3 Å². The van der Waals surface area contributed by atoms with Gasteiger partial charge in [0.1, 0.15) is 5.69 Å². The molecule has 1 aromatic heterocycles. The molecule has 0 saturated carbocycles. The van der Waals surface area contributed by atoms with E-state index in [-0.39, 0.29) is 11.7 Å². The maximum Gasteiger partial charge on any atom is 0.196 e. The van der Waals surface area contributed by atoms with Crippen molar-refractivity contribution in [3.05, 3.63) is 11.1 Å². The molecular formula is C10H15ClN2OS. The van der Waals surface area contributed by atoms with Crippen molar-refractivity contribution in [3.8, 4) is 0 Å². The summed E-state index contributed by atoms with van der Waals surface area (Å²) in [7, 11) is 1.99. The van der Waals surface area contributed by atoms with Gasteiger partial charge < -0.3 is 4.90 Å². The summed E-state index contributed by atoms with van der Waals surface area (Å²) in [6, 6.07) is 0.426. The zero-order valence-electron chi connectivity index (χ0n) is 9.16. The lowest BCUT2D eigenvalue weighted by Gasteiger charge is -2.22. The monoisotopic (exact) mass is 246 g/mol. The smallest absolute Gasteiger partial charge is 0.196 e. The van der Waals surface area contributed by atoms with E-state index in [2.05, 4.69) is 23.7 Å². The molecule has 1 atom stereocenters. The van der Waals surface area contributed by atoms with Crippen molar-refractivity contribution in [2.75, 3.05) is 17.8 Å². The van der Waals surface area contributed by atoms with Gasteiger partial charge in [-0.25, -0.2) is 4.98 Å². The van der Waals surface area contributed by atoms with Gasteiger partial charge in [-0.15, -0.1) is 22.9 Å². The van der Waals surface area contributed by atoms with Crippen molar-refractivity contribution in [1.29, 1.82) is 0 Å². The third kappa shape index (κ3) is 2.92. The van der Waals surface area contributed by atoms with Gasteiger partial charge in [0, 0.05) is 18.5 Å². The van der Waals surface area contributed by atoms with Crippen molar-refractivity contribution in [1.82, 2.24) is 4.98 Å². The molecular weight excluding hydrogens is 232 g/mol. The lowest BCUT2D eigenvalue weighted by molar-refractivity contribution is 0.101. The van der Waals surface area contributed by atoms with Crippen LogP contribution in [0.15, 0.2) is 5.38 Å². The number of halogens is 1.